The number of para-hydroxylation sites is 1. The number of nitrogens with one attached hydrogen (secondary N) is 1. The monoisotopic (exact) mass is 285 g/mol. The van der Waals surface area contributed by atoms with Crippen LogP contribution in [0, 0.1) is 6.92 Å². The van der Waals surface area contributed by atoms with Crippen molar-refractivity contribution in [1.29, 1.82) is 0 Å². The Morgan fingerprint density at radius 3 is 2.48 bits per heavy atom. The van der Waals surface area contributed by atoms with Gasteiger partial charge in [-0.25, -0.2) is 4.79 Å². The molecule has 0 unspecified atom stereocenters. The molecule has 0 aromatic heterocycles. The van der Waals surface area contributed by atoms with Crippen molar-refractivity contribution in [2.45, 2.75) is 6.92 Å². The Balaban J connectivity index is 1.94. The fourth-order valence-electron chi connectivity index (χ4n) is 1.81. The number of carbonyl (C=O) groups excluding carboxylic acids is 1. The van der Waals surface area contributed by atoms with Crippen LogP contribution in [0.25, 0.3) is 0 Å². The molecule has 0 aliphatic heterocycles. The standard InChI is InChI=1S/C16H15NO4/c1-11-9-12(16(19)20)7-8-14(11)21-10-15(18)17-13-5-3-2-4-6-13/h2-9H,10H2,1H3,(H,17,18)(H,19,20). The summed E-state index contributed by atoms with van der Waals surface area (Å²) >= 11 is 0. The maximum absolute atomic E-state index is 11.7. The molecule has 2 rings (SSSR count). The lowest BCUT2D eigenvalue weighted by molar-refractivity contribution is -0.118. The molecule has 0 bridgehead atoms. The van der Waals surface area contributed by atoms with E-state index in [0.717, 1.165) is 0 Å². The van der Waals surface area contributed by atoms with Crippen molar-refractivity contribution in [3.63, 3.8) is 0 Å². The van der Waals surface area contributed by atoms with Gasteiger partial charge in [0, 0.05) is 5.69 Å². The van der Waals surface area contributed by atoms with Gasteiger partial charge in [-0.05, 0) is 42.8 Å². The maximum atomic E-state index is 11.7. The van der Waals surface area contributed by atoms with E-state index in [4.69, 9.17) is 9.84 Å². The molecule has 0 atom stereocenters. The van der Waals surface area contributed by atoms with Crippen molar-refractivity contribution in [3.05, 3.63) is 59.7 Å². The molecule has 0 heterocycles. The Morgan fingerprint density at radius 1 is 1.14 bits per heavy atom. The average Bonchev–Trinajstić information content (AvgIpc) is 2.47. The molecule has 1 amide bonds. The molecule has 0 fully saturated rings. The molecule has 0 saturated carbocycles. The predicted molar refractivity (Wildman–Crippen MR) is 78.7 cm³/mol. The van der Waals surface area contributed by atoms with Gasteiger partial charge in [-0.1, -0.05) is 18.2 Å². The first-order chi connectivity index (χ1) is 10.1. The van der Waals surface area contributed by atoms with E-state index in [1.807, 2.05) is 18.2 Å². The Bertz CT molecular complexity index is 653. The van der Waals surface area contributed by atoms with Gasteiger partial charge in [0.2, 0.25) is 0 Å². The summed E-state index contributed by atoms with van der Waals surface area (Å²) in [6.07, 6.45) is 0. The van der Waals surface area contributed by atoms with Crippen LogP contribution >= 0.6 is 0 Å². The Kier molecular flexibility index (Phi) is 4.56. The summed E-state index contributed by atoms with van der Waals surface area (Å²) in [5, 5.41) is 11.6. The number of hydrogen-bond acceptors (Lipinski definition) is 3. The van der Waals surface area contributed by atoms with Crippen LogP contribution in [0.4, 0.5) is 5.69 Å². The van der Waals surface area contributed by atoms with Crippen LogP contribution in [0.5, 0.6) is 5.75 Å². The van der Waals surface area contributed by atoms with E-state index >= 15 is 0 Å². The van der Waals surface area contributed by atoms with Gasteiger partial charge in [0.15, 0.2) is 6.61 Å². The molecule has 0 aliphatic rings. The topological polar surface area (TPSA) is 75.6 Å². The normalized spacial score (nSPS) is 9.95. The second-order valence-electron chi connectivity index (χ2n) is 4.49. The number of ether oxygens (including phenoxy) is 1. The molecule has 0 saturated heterocycles. The molecule has 2 aromatic rings. The van der Waals surface area contributed by atoms with E-state index in [1.54, 1.807) is 25.1 Å². The third-order valence-electron chi connectivity index (χ3n) is 2.84. The van der Waals surface area contributed by atoms with Crippen LogP contribution in [-0.2, 0) is 4.79 Å². The minimum Gasteiger partial charge on any atom is -0.483 e. The highest BCUT2D eigenvalue weighted by Crippen LogP contribution is 2.19. The lowest BCUT2D eigenvalue weighted by Gasteiger charge is -2.10. The van der Waals surface area contributed by atoms with Crippen molar-refractivity contribution in [2.75, 3.05) is 11.9 Å². The van der Waals surface area contributed by atoms with Crippen LogP contribution in [0.1, 0.15) is 15.9 Å². The highest BCUT2D eigenvalue weighted by molar-refractivity contribution is 5.92. The Morgan fingerprint density at radius 2 is 1.86 bits per heavy atom. The first-order valence-electron chi connectivity index (χ1n) is 6.38. The second kappa shape index (κ2) is 6.56. The molecule has 2 N–H and O–H groups in total. The van der Waals surface area contributed by atoms with E-state index in [9.17, 15) is 9.59 Å². The number of amides is 1. The second-order valence-corrected chi connectivity index (χ2v) is 4.49. The predicted octanol–water partition coefficient (Wildman–Crippen LogP) is 2.71. The zero-order valence-electron chi connectivity index (χ0n) is 11.5. The molecule has 0 radical (unpaired) electrons. The molecular weight excluding hydrogens is 270 g/mol. The van der Waals surface area contributed by atoms with Crippen molar-refractivity contribution >= 4 is 17.6 Å². The van der Waals surface area contributed by atoms with Gasteiger partial charge < -0.3 is 15.2 Å². The number of carbonyl (C=O) groups is 2. The summed E-state index contributed by atoms with van der Waals surface area (Å²) in [6, 6.07) is 13.6. The van der Waals surface area contributed by atoms with Gasteiger partial charge in [0.25, 0.3) is 5.91 Å². The van der Waals surface area contributed by atoms with Gasteiger partial charge in [-0.2, -0.15) is 0 Å². The molecule has 5 heteroatoms. The van der Waals surface area contributed by atoms with Crippen LogP contribution in [-0.4, -0.2) is 23.6 Å². The largest absolute Gasteiger partial charge is 0.483 e. The van der Waals surface area contributed by atoms with Gasteiger partial charge in [0.05, 0.1) is 5.56 Å². The summed E-state index contributed by atoms with van der Waals surface area (Å²) in [5.74, 6) is -0.780. The fraction of sp³-hybridized carbons (Fsp3) is 0.125. The van der Waals surface area contributed by atoms with Gasteiger partial charge in [-0.3, -0.25) is 4.79 Å². The highest BCUT2D eigenvalue weighted by atomic mass is 16.5. The van der Waals surface area contributed by atoms with Crippen molar-refractivity contribution in [3.8, 4) is 5.75 Å². The number of carboxylic acid groups (broad SMARTS) is 1. The van der Waals surface area contributed by atoms with E-state index < -0.39 is 5.97 Å². The van der Waals surface area contributed by atoms with Crippen LogP contribution in [0.3, 0.4) is 0 Å². The smallest absolute Gasteiger partial charge is 0.335 e. The first kappa shape index (κ1) is 14.6. The van der Waals surface area contributed by atoms with E-state index in [0.29, 0.717) is 17.0 Å². The molecule has 0 spiro atoms. The molecule has 2 aromatic carbocycles. The fourth-order valence-corrected chi connectivity index (χ4v) is 1.81. The van der Waals surface area contributed by atoms with Gasteiger partial charge in [-0.15, -0.1) is 0 Å². The van der Waals surface area contributed by atoms with Crippen molar-refractivity contribution < 1.29 is 19.4 Å². The number of rotatable bonds is 5. The zero-order chi connectivity index (χ0) is 15.2. The van der Waals surface area contributed by atoms with Gasteiger partial charge >= 0.3 is 5.97 Å². The highest BCUT2D eigenvalue weighted by Gasteiger charge is 2.08. The lowest BCUT2D eigenvalue weighted by Crippen LogP contribution is -2.20. The Hall–Kier alpha value is -2.82. The van der Waals surface area contributed by atoms with Crippen LogP contribution in [0.2, 0.25) is 0 Å². The summed E-state index contributed by atoms with van der Waals surface area (Å²) in [6.45, 7) is 1.60. The third-order valence-corrected chi connectivity index (χ3v) is 2.84. The van der Waals surface area contributed by atoms with E-state index in [1.165, 1.54) is 12.1 Å². The minimum absolute atomic E-state index is 0.137. The Labute approximate surface area is 122 Å². The summed E-state index contributed by atoms with van der Waals surface area (Å²) in [4.78, 5) is 22.6. The minimum atomic E-state index is -0.994. The maximum Gasteiger partial charge on any atom is 0.335 e. The molecular formula is C16H15NO4. The van der Waals surface area contributed by atoms with E-state index in [2.05, 4.69) is 5.32 Å². The number of carboxylic acids is 1. The molecule has 21 heavy (non-hydrogen) atoms. The number of benzene rings is 2. The molecule has 108 valence electrons. The molecule has 0 aliphatic carbocycles. The molecule has 5 nitrogen and oxygen atoms in total. The SMILES string of the molecule is Cc1cc(C(=O)O)ccc1OCC(=O)Nc1ccccc1. The first-order valence-corrected chi connectivity index (χ1v) is 6.38. The summed E-state index contributed by atoms with van der Waals surface area (Å²) in [7, 11) is 0. The van der Waals surface area contributed by atoms with Gasteiger partial charge in [0.1, 0.15) is 5.75 Å². The van der Waals surface area contributed by atoms with Crippen LogP contribution in [0.15, 0.2) is 48.5 Å². The van der Waals surface area contributed by atoms with Crippen molar-refractivity contribution in [1.82, 2.24) is 0 Å². The van der Waals surface area contributed by atoms with E-state index in [-0.39, 0.29) is 18.1 Å². The average molecular weight is 285 g/mol. The number of aromatic carboxylic acids is 1. The quantitative estimate of drug-likeness (QED) is 0.885. The number of anilines is 1. The number of aryl methyl sites for hydroxylation is 1. The van der Waals surface area contributed by atoms with Crippen molar-refractivity contribution in [2.24, 2.45) is 0 Å². The third kappa shape index (κ3) is 4.07. The zero-order valence-corrected chi connectivity index (χ0v) is 11.5. The number of hydrogen-bond donors (Lipinski definition) is 2. The van der Waals surface area contributed by atoms with Crippen LogP contribution < -0.4 is 10.1 Å². The summed E-state index contributed by atoms with van der Waals surface area (Å²) < 4.78 is 5.40. The summed E-state index contributed by atoms with van der Waals surface area (Å²) in [5.41, 5.74) is 1.56. The lowest BCUT2D eigenvalue weighted by atomic mass is 10.1.